The Bertz CT molecular complexity index is 675. The summed E-state index contributed by atoms with van der Waals surface area (Å²) in [5.74, 6) is 0.521. The number of nitrogens with two attached hydrogens (primary N) is 1. The molecule has 2 N–H and O–H groups in total. The van der Waals surface area contributed by atoms with Gasteiger partial charge in [0.25, 0.3) is 0 Å². The van der Waals surface area contributed by atoms with E-state index in [4.69, 9.17) is 17.3 Å². The van der Waals surface area contributed by atoms with Gasteiger partial charge < -0.3 is 5.73 Å². The van der Waals surface area contributed by atoms with Gasteiger partial charge in [-0.1, -0.05) is 11.6 Å². The highest BCUT2D eigenvalue weighted by atomic mass is 35.5. The zero-order valence-electron chi connectivity index (χ0n) is 8.41. The standard InChI is InChI=1S/C8H6ClN7S/c9-4-1-2-5-7(13-17-12-5)8(4)16-6(3-10)11-14-15-16/h1-2H,3,10H2. The number of tetrazole rings is 1. The molecule has 0 aliphatic rings. The number of halogens is 1. The van der Waals surface area contributed by atoms with Crippen molar-refractivity contribution in [2.24, 2.45) is 5.73 Å². The van der Waals surface area contributed by atoms with Crippen LogP contribution in [0, 0.1) is 0 Å². The Kier molecular flexibility index (Phi) is 2.46. The lowest BCUT2D eigenvalue weighted by atomic mass is 10.2. The monoisotopic (exact) mass is 267 g/mol. The van der Waals surface area contributed by atoms with Crippen molar-refractivity contribution in [2.45, 2.75) is 6.54 Å². The highest BCUT2D eigenvalue weighted by Crippen LogP contribution is 2.28. The third-order valence-corrected chi connectivity index (χ3v) is 3.13. The van der Waals surface area contributed by atoms with Gasteiger partial charge in [0, 0.05) is 0 Å². The quantitative estimate of drug-likeness (QED) is 0.737. The van der Waals surface area contributed by atoms with E-state index in [1.807, 2.05) is 0 Å². The van der Waals surface area contributed by atoms with E-state index in [-0.39, 0.29) is 6.54 Å². The van der Waals surface area contributed by atoms with E-state index in [0.717, 1.165) is 17.2 Å². The highest BCUT2D eigenvalue weighted by Gasteiger charge is 2.16. The van der Waals surface area contributed by atoms with Crippen LogP contribution in [0.4, 0.5) is 0 Å². The van der Waals surface area contributed by atoms with E-state index in [1.54, 1.807) is 12.1 Å². The van der Waals surface area contributed by atoms with Crippen LogP contribution >= 0.6 is 23.3 Å². The number of aromatic nitrogens is 6. The Balaban J connectivity index is 2.36. The minimum atomic E-state index is 0.220. The lowest BCUT2D eigenvalue weighted by Crippen LogP contribution is -2.09. The maximum absolute atomic E-state index is 6.16. The number of rotatable bonds is 2. The molecule has 0 aliphatic heterocycles. The molecular weight excluding hydrogens is 262 g/mol. The average molecular weight is 268 g/mol. The van der Waals surface area contributed by atoms with Crippen molar-refractivity contribution >= 4 is 34.4 Å². The topological polar surface area (TPSA) is 95.4 Å². The fourth-order valence-corrected chi connectivity index (χ4v) is 2.29. The summed E-state index contributed by atoms with van der Waals surface area (Å²) in [5.41, 5.74) is 7.60. The summed E-state index contributed by atoms with van der Waals surface area (Å²) >= 11 is 7.27. The summed E-state index contributed by atoms with van der Waals surface area (Å²) in [5, 5.41) is 11.8. The molecule has 0 saturated heterocycles. The third-order valence-electron chi connectivity index (χ3n) is 2.28. The Morgan fingerprint density at radius 1 is 1.35 bits per heavy atom. The Morgan fingerprint density at radius 3 is 3.06 bits per heavy atom. The first kappa shape index (κ1) is 10.5. The molecular formula is C8H6ClN7S. The Labute approximate surface area is 105 Å². The maximum atomic E-state index is 6.16. The largest absolute Gasteiger partial charge is 0.324 e. The van der Waals surface area contributed by atoms with Crippen molar-refractivity contribution in [2.75, 3.05) is 0 Å². The second kappa shape index (κ2) is 3.99. The van der Waals surface area contributed by atoms with E-state index < -0.39 is 0 Å². The highest BCUT2D eigenvalue weighted by molar-refractivity contribution is 7.00. The fourth-order valence-electron chi connectivity index (χ4n) is 1.52. The Hall–Kier alpha value is -1.64. The first-order valence-corrected chi connectivity index (χ1v) is 5.80. The van der Waals surface area contributed by atoms with Crippen molar-refractivity contribution in [3.05, 3.63) is 23.0 Å². The molecule has 2 heterocycles. The lowest BCUT2D eigenvalue weighted by Gasteiger charge is -2.05. The average Bonchev–Trinajstić information content (AvgIpc) is 2.96. The number of fused-ring (bicyclic) bond motifs is 1. The van der Waals surface area contributed by atoms with Gasteiger partial charge in [0.05, 0.1) is 23.3 Å². The first-order valence-electron chi connectivity index (χ1n) is 4.69. The predicted octanol–water partition coefficient (Wildman–Crippen LogP) is 0.779. The molecule has 7 nitrogen and oxygen atoms in total. The van der Waals surface area contributed by atoms with E-state index in [9.17, 15) is 0 Å². The van der Waals surface area contributed by atoms with Gasteiger partial charge in [-0.25, -0.2) is 0 Å². The molecule has 86 valence electrons. The molecule has 0 amide bonds. The molecule has 0 unspecified atom stereocenters. The molecule has 2 aromatic heterocycles. The van der Waals surface area contributed by atoms with E-state index in [0.29, 0.717) is 22.1 Å². The van der Waals surface area contributed by atoms with Crippen molar-refractivity contribution < 1.29 is 0 Å². The van der Waals surface area contributed by atoms with Crippen LogP contribution in [-0.4, -0.2) is 29.0 Å². The fraction of sp³-hybridized carbons (Fsp3) is 0.125. The predicted molar refractivity (Wildman–Crippen MR) is 63.0 cm³/mol. The molecule has 17 heavy (non-hydrogen) atoms. The van der Waals surface area contributed by atoms with Crippen LogP contribution in [0.25, 0.3) is 16.7 Å². The molecule has 9 heteroatoms. The van der Waals surface area contributed by atoms with E-state index in [2.05, 4.69) is 24.3 Å². The molecule has 0 bridgehead atoms. The minimum absolute atomic E-state index is 0.220. The van der Waals surface area contributed by atoms with Crippen LogP contribution in [0.1, 0.15) is 5.82 Å². The van der Waals surface area contributed by atoms with Crippen LogP contribution in [0.2, 0.25) is 5.02 Å². The molecule has 3 aromatic rings. The van der Waals surface area contributed by atoms with Crippen LogP contribution in [0.5, 0.6) is 0 Å². The van der Waals surface area contributed by atoms with Crippen molar-refractivity contribution in [3.63, 3.8) is 0 Å². The molecule has 0 fully saturated rings. The van der Waals surface area contributed by atoms with Crippen LogP contribution in [0.3, 0.4) is 0 Å². The normalized spacial score (nSPS) is 11.2. The zero-order valence-corrected chi connectivity index (χ0v) is 9.98. The van der Waals surface area contributed by atoms with Crippen molar-refractivity contribution in [1.29, 1.82) is 0 Å². The third kappa shape index (κ3) is 1.57. The van der Waals surface area contributed by atoms with Crippen LogP contribution in [-0.2, 0) is 6.54 Å². The molecule has 0 spiro atoms. The first-order chi connectivity index (χ1) is 8.31. The number of hydrogen-bond donors (Lipinski definition) is 1. The van der Waals surface area contributed by atoms with Gasteiger partial charge in [-0.05, 0) is 22.6 Å². The van der Waals surface area contributed by atoms with Crippen LogP contribution < -0.4 is 5.73 Å². The Morgan fingerprint density at radius 2 is 2.24 bits per heavy atom. The van der Waals surface area contributed by atoms with Gasteiger partial charge in [-0.15, -0.1) is 5.10 Å². The summed E-state index contributed by atoms with van der Waals surface area (Å²) in [6, 6.07) is 3.54. The summed E-state index contributed by atoms with van der Waals surface area (Å²) in [6.45, 7) is 0.220. The lowest BCUT2D eigenvalue weighted by molar-refractivity contribution is 0.765. The second-order valence-electron chi connectivity index (χ2n) is 3.24. The van der Waals surface area contributed by atoms with Gasteiger partial charge in [0.1, 0.15) is 16.7 Å². The van der Waals surface area contributed by atoms with Crippen LogP contribution in [0.15, 0.2) is 12.1 Å². The number of benzene rings is 1. The SMILES string of the molecule is NCc1nnnn1-c1c(Cl)ccc2nsnc12. The summed E-state index contributed by atoms with van der Waals surface area (Å²) in [6.07, 6.45) is 0. The molecule has 0 saturated carbocycles. The molecule has 1 aromatic carbocycles. The van der Waals surface area contributed by atoms with E-state index in [1.165, 1.54) is 4.68 Å². The minimum Gasteiger partial charge on any atom is -0.324 e. The van der Waals surface area contributed by atoms with Crippen molar-refractivity contribution in [3.8, 4) is 5.69 Å². The zero-order chi connectivity index (χ0) is 11.8. The van der Waals surface area contributed by atoms with Crippen molar-refractivity contribution in [1.82, 2.24) is 29.0 Å². The summed E-state index contributed by atoms with van der Waals surface area (Å²) in [4.78, 5) is 0. The number of nitrogens with zero attached hydrogens (tertiary/aromatic N) is 6. The van der Waals surface area contributed by atoms with Gasteiger partial charge >= 0.3 is 0 Å². The molecule has 3 rings (SSSR count). The molecule has 0 aliphatic carbocycles. The molecule has 0 atom stereocenters. The van der Waals surface area contributed by atoms with Gasteiger partial charge in [-0.3, -0.25) is 0 Å². The van der Waals surface area contributed by atoms with Gasteiger partial charge in [0.2, 0.25) is 0 Å². The number of hydrogen-bond acceptors (Lipinski definition) is 7. The molecule has 0 radical (unpaired) electrons. The second-order valence-corrected chi connectivity index (χ2v) is 4.17. The van der Waals surface area contributed by atoms with Gasteiger partial charge in [-0.2, -0.15) is 13.4 Å². The smallest absolute Gasteiger partial charge is 0.170 e. The maximum Gasteiger partial charge on any atom is 0.170 e. The van der Waals surface area contributed by atoms with Gasteiger partial charge in [0.15, 0.2) is 5.82 Å². The summed E-state index contributed by atoms with van der Waals surface area (Å²) in [7, 11) is 0. The summed E-state index contributed by atoms with van der Waals surface area (Å²) < 4.78 is 9.84. The van der Waals surface area contributed by atoms with E-state index >= 15 is 0 Å².